The fraction of sp³-hybridized carbons (Fsp3) is 0.667. The molecule has 0 heterocycles. The third-order valence-corrected chi connectivity index (χ3v) is 1.05. The van der Waals surface area contributed by atoms with Gasteiger partial charge in [0.1, 0.15) is 12.1 Å². The van der Waals surface area contributed by atoms with Crippen LogP contribution >= 0.6 is 0 Å². The number of hydrogen-bond donors (Lipinski definition) is 0. The molecule has 0 bridgehead atoms. The van der Waals surface area contributed by atoms with Crippen LogP contribution in [0.1, 0.15) is 20.8 Å². The van der Waals surface area contributed by atoms with Crippen molar-refractivity contribution in [3.8, 4) is 12.3 Å². The van der Waals surface area contributed by atoms with Crippen LogP contribution in [0.15, 0.2) is 0 Å². The van der Waals surface area contributed by atoms with Gasteiger partial charge >= 0.3 is 6.09 Å². The molecule has 74 valence electrons. The van der Waals surface area contributed by atoms with Crippen molar-refractivity contribution in [1.82, 2.24) is 5.06 Å². The van der Waals surface area contributed by atoms with E-state index in [-0.39, 0.29) is 6.54 Å². The van der Waals surface area contributed by atoms with Gasteiger partial charge in [-0.15, -0.1) is 6.42 Å². The highest BCUT2D eigenvalue weighted by molar-refractivity contribution is 5.67. The number of nitrogens with zero attached hydrogens (tertiary/aromatic N) is 1. The van der Waals surface area contributed by atoms with Crippen LogP contribution in [0.25, 0.3) is 0 Å². The van der Waals surface area contributed by atoms with Gasteiger partial charge < -0.3 is 4.74 Å². The summed E-state index contributed by atoms with van der Waals surface area (Å²) < 4.78 is 5.01. The maximum absolute atomic E-state index is 11.3. The molecule has 0 fully saturated rings. The average molecular weight is 185 g/mol. The summed E-state index contributed by atoms with van der Waals surface area (Å²) >= 11 is 0. The zero-order valence-electron chi connectivity index (χ0n) is 8.46. The minimum atomic E-state index is -0.576. The van der Waals surface area contributed by atoms with Crippen LogP contribution < -0.4 is 0 Å². The van der Waals surface area contributed by atoms with E-state index in [9.17, 15) is 4.79 Å². The van der Waals surface area contributed by atoms with E-state index in [4.69, 9.17) is 16.0 Å². The lowest BCUT2D eigenvalue weighted by molar-refractivity contribution is -0.115. The van der Waals surface area contributed by atoms with E-state index >= 15 is 0 Å². The van der Waals surface area contributed by atoms with Gasteiger partial charge in [0.15, 0.2) is 0 Å². The van der Waals surface area contributed by atoms with Crippen molar-refractivity contribution in [1.29, 1.82) is 0 Å². The molecule has 0 aliphatic heterocycles. The predicted molar refractivity (Wildman–Crippen MR) is 48.8 cm³/mol. The minimum Gasteiger partial charge on any atom is -0.442 e. The van der Waals surface area contributed by atoms with Crippen LogP contribution in [0.4, 0.5) is 4.79 Å². The number of amides is 1. The Morgan fingerprint density at radius 1 is 1.54 bits per heavy atom. The summed E-state index contributed by atoms with van der Waals surface area (Å²) in [4.78, 5) is 16.0. The monoisotopic (exact) mass is 185 g/mol. The molecule has 4 heteroatoms. The van der Waals surface area contributed by atoms with Gasteiger partial charge in [-0.05, 0) is 20.8 Å². The van der Waals surface area contributed by atoms with Crippen LogP contribution in [-0.2, 0) is 9.57 Å². The van der Waals surface area contributed by atoms with Gasteiger partial charge in [0.25, 0.3) is 0 Å². The lowest BCUT2D eigenvalue weighted by Crippen LogP contribution is -2.36. The van der Waals surface area contributed by atoms with Gasteiger partial charge in [0.05, 0.1) is 7.11 Å². The Bertz CT molecular complexity index is 212. The summed E-state index contributed by atoms with van der Waals surface area (Å²) in [5, 5.41) is 0.977. The number of carbonyl (C=O) groups excluding carboxylic acids is 1. The second kappa shape index (κ2) is 4.73. The normalized spacial score (nSPS) is 10.4. The van der Waals surface area contributed by atoms with Gasteiger partial charge in [-0.3, -0.25) is 4.84 Å². The van der Waals surface area contributed by atoms with Gasteiger partial charge in [-0.25, -0.2) is 4.79 Å². The quantitative estimate of drug-likeness (QED) is 0.482. The highest BCUT2D eigenvalue weighted by Gasteiger charge is 2.21. The fourth-order valence-electron chi connectivity index (χ4n) is 0.599. The second-order valence-electron chi connectivity index (χ2n) is 3.40. The van der Waals surface area contributed by atoms with Crippen molar-refractivity contribution < 1.29 is 14.4 Å². The predicted octanol–water partition coefficient (Wildman–Crippen LogP) is 1.42. The van der Waals surface area contributed by atoms with E-state index in [1.165, 1.54) is 7.11 Å². The first-order chi connectivity index (χ1) is 5.90. The zero-order valence-corrected chi connectivity index (χ0v) is 8.46. The van der Waals surface area contributed by atoms with Crippen molar-refractivity contribution in [2.24, 2.45) is 0 Å². The average Bonchev–Trinajstić information content (AvgIpc) is 1.96. The molecule has 0 N–H and O–H groups in total. The maximum Gasteiger partial charge on any atom is 0.435 e. The van der Waals surface area contributed by atoms with Crippen molar-refractivity contribution >= 4 is 6.09 Å². The second-order valence-corrected chi connectivity index (χ2v) is 3.40. The van der Waals surface area contributed by atoms with Crippen molar-refractivity contribution in [3.05, 3.63) is 0 Å². The summed E-state index contributed by atoms with van der Waals surface area (Å²) in [5.74, 6) is 2.29. The third kappa shape index (κ3) is 5.10. The molecule has 0 aliphatic carbocycles. The molecule has 0 aromatic heterocycles. The summed E-state index contributed by atoms with van der Waals surface area (Å²) in [5.41, 5.74) is -0.539. The number of carbonyl (C=O) groups is 1. The molecule has 0 saturated heterocycles. The topological polar surface area (TPSA) is 38.8 Å². The van der Waals surface area contributed by atoms with E-state index in [2.05, 4.69) is 5.92 Å². The molecule has 0 saturated carbocycles. The van der Waals surface area contributed by atoms with Gasteiger partial charge in [-0.2, -0.15) is 5.06 Å². The number of ether oxygens (including phenoxy) is 1. The van der Waals surface area contributed by atoms with E-state index in [0.717, 1.165) is 5.06 Å². The summed E-state index contributed by atoms with van der Waals surface area (Å²) in [6.07, 6.45) is 4.45. The first-order valence-electron chi connectivity index (χ1n) is 3.89. The van der Waals surface area contributed by atoms with Crippen LogP contribution in [0, 0.1) is 12.3 Å². The number of hydroxylamine groups is 2. The van der Waals surface area contributed by atoms with Gasteiger partial charge in [0, 0.05) is 0 Å². The Hall–Kier alpha value is -1.21. The molecule has 0 rings (SSSR count). The third-order valence-electron chi connectivity index (χ3n) is 1.05. The van der Waals surface area contributed by atoms with Crippen LogP contribution in [0.3, 0.4) is 0 Å². The Morgan fingerprint density at radius 2 is 2.08 bits per heavy atom. The maximum atomic E-state index is 11.3. The van der Waals surface area contributed by atoms with Crippen molar-refractivity contribution in [2.45, 2.75) is 26.4 Å². The van der Waals surface area contributed by atoms with Crippen LogP contribution in [0.2, 0.25) is 0 Å². The zero-order chi connectivity index (χ0) is 10.5. The molecule has 0 aromatic rings. The fourth-order valence-corrected chi connectivity index (χ4v) is 0.599. The molecule has 0 radical (unpaired) electrons. The largest absolute Gasteiger partial charge is 0.442 e. The first-order valence-corrected chi connectivity index (χ1v) is 3.89. The molecule has 0 aliphatic rings. The smallest absolute Gasteiger partial charge is 0.435 e. The molecule has 0 spiro atoms. The molecule has 13 heavy (non-hydrogen) atoms. The molecule has 1 amide bonds. The van der Waals surface area contributed by atoms with E-state index < -0.39 is 11.7 Å². The summed E-state index contributed by atoms with van der Waals surface area (Å²) in [6, 6.07) is 0. The Balaban J connectivity index is 4.16. The lowest BCUT2D eigenvalue weighted by Gasteiger charge is -2.24. The Kier molecular flexibility index (Phi) is 4.29. The van der Waals surface area contributed by atoms with Crippen LogP contribution in [-0.4, -0.2) is 30.4 Å². The lowest BCUT2D eigenvalue weighted by atomic mass is 10.2. The standard InChI is InChI=1S/C9H15NO3/c1-6-7-10(12-5)8(11)13-9(2,3)4/h1H,7H2,2-5H3. The van der Waals surface area contributed by atoms with E-state index in [1.54, 1.807) is 20.8 Å². The van der Waals surface area contributed by atoms with E-state index in [0.29, 0.717) is 0 Å². The van der Waals surface area contributed by atoms with Gasteiger partial charge in [0.2, 0.25) is 0 Å². The SMILES string of the molecule is C#CCN(OC)C(=O)OC(C)(C)C. The first kappa shape index (κ1) is 11.8. The summed E-state index contributed by atoms with van der Waals surface area (Å²) in [6.45, 7) is 5.39. The minimum absolute atomic E-state index is 0.0748. The van der Waals surface area contributed by atoms with Crippen molar-refractivity contribution in [2.75, 3.05) is 13.7 Å². The van der Waals surface area contributed by atoms with Crippen molar-refractivity contribution in [3.63, 3.8) is 0 Å². The molecular formula is C9H15NO3. The number of rotatable bonds is 2. The van der Waals surface area contributed by atoms with Crippen LogP contribution in [0.5, 0.6) is 0 Å². The summed E-state index contributed by atoms with van der Waals surface area (Å²) in [7, 11) is 1.36. The highest BCUT2D eigenvalue weighted by Crippen LogP contribution is 2.09. The Labute approximate surface area is 78.8 Å². The molecule has 0 aromatic carbocycles. The highest BCUT2D eigenvalue weighted by atomic mass is 16.7. The molecule has 0 atom stereocenters. The van der Waals surface area contributed by atoms with Gasteiger partial charge in [-0.1, -0.05) is 5.92 Å². The number of hydrogen-bond acceptors (Lipinski definition) is 3. The molecule has 0 unspecified atom stereocenters. The van der Waals surface area contributed by atoms with E-state index in [1.807, 2.05) is 0 Å². The Morgan fingerprint density at radius 3 is 2.38 bits per heavy atom. The number of terminal acetylenes is 1. The molecular weight excluding hydrogens is 170 g/mol. The molecule has 4 nitrogen and oxygen atoms in total.